The molecule has 1 aliphatic rings. The smallest absolute Gasteiger partial charge is 0.471 e. The molecular formula is C20H24F3NO12. The van der Waals surface area contributed by atoms with Crippen LogP contribution in [-0.2, 0) is 57.2 Å². The number of hydrogen-bond donors (Lipinski definition) is 1. The summed E-state index contributed by atoms with van der Waals surface area (Å²) in [4.78, 5) is 70.7. The lowest BCUT2D eigenvalue weighted by Gasteiger charge is -2.41. The van der Waals surface area contributed by atoms with Crippen molar-refractivity contribution in [3.63, 3.8) is 0 Å². The Morgan fingerprint density at radius 1 is 1.03 bits per heavy atom. The molecule has 202 valence electrons. The van der Waals surface area contributed by atoms with Gasteiger partial charge < -0.3 is 33.7 Å². The monoisotopic (exact) mass is 528 g/mol. The predicted octanol–water partition coefficient (Wildman–Crippen LogP) is -0.153. The minimum absolute atomic E-state index is 0.824. The summed E-state index contributed by atoms with van der Waals surface area (Å²) in [5.41, 5.74) is 0. The molecule has 1 aliphatic heterocycles. The molecule has 0 saturated heterocycles. The Labute approximate surface area is 203 Å². The van der Waals surface area contributed by atoms with Crippen molar-refractivity contribution in [1.82, 2.24) is 5.32 Å². The molecule has 0 saturated carbocycles. The number of hydrogen-bond acceptors (Lipinski definition) is 12. The van der Waals surface area contributed by atoms with Gasteiger partial charge >= 0.3 is 41.9 Å². The standard InChI is InChI=1S/C20H24F3NO12/c1-8(25)32-7-14(34-10(3)27)16(35-11(4)28)17-15(24-19(30)20(21,22)23)12(33-9(2)26)6-13(36-17)18(29)31-5/h6,12,14-17H,7H2,1-5H3,(H,24,30)/t12-,14+,15+,16+,17+/m0/s1/i6D. The van der Waals surface area contributed by atoms with E-state index in [2.05, 4.69) is 4.74 Å². The Kier molecular flexibility index (Phi) is 10.0. The summed E-state index contributed by atoms with van der Waals surface area (Å²) in [6.45, 7) is 2.72. The van der Waals surface area contributed by atoms with Crippen LogP contribution in [0.2, 0.25) is 0 Å². The molecule has 0 spiro atoms. The highest BCUT2D eigenvalue weighted by atomic mass is 19.4. The zero-order chi connectivity index (χ0) is 28.7. The van der Waals surface area contributed by atoms with E-state index in [1.54, 1.807) is 0 Å². The molecule has 16 heteroatoms. The van der Waals surface area contributed by atoms with Gasteiger partial charge in [-0.25, -0.2) is 4.79 Å². The number of esters is 5. The van der Waals surface area contributed by atoms with Crippen molar-refractivity contribution in [2.24, 2.45) is 0 Å². The number of ether oxygens (including phenoxy) is 6. The second kappa shape index (κ2) is 12.7. The van der Waals surface area contributed by atoms with Gasteiger partial charge in [-0.1, -0.05) is 0 Å². The van der Waals surface area contributed by atoms with Gasteiger partial charge in [0, 0.05) is 33.7 Å². The maximum Gasteiger partial charge on any atom is 0.471 e. The third-order valence-corrected chi connectivity index (χ3v) is 4.19. The Hall–Kier alpha value is -3.85. The minimum atomic E-state index is -5.48. The molecule has 5 atom stereocenters. The molecule has 0 aromatic rings. The van der Waals surface area contributed by atoms with Crippen LogP contribution >= 0.6 is 0 Å². The third-order valence-electron chi connectivity index (χ3n) is 4.19. The molecule has 0 aliphatic carbocycles. The van der Waals surface area contributed by atoms with Gasteiger partial charge in [0.2, 0.25) is 5.76 Å². The number of carbonyl (C=O) groups is 6. The predicted molar refractivity (Wildman–Crippen MR) is 106 cm³/mol. The average Bonchev–Trinajstić information content (AvgIpc) is 2.75. The summed E-state index contributed by atoms with van der Waals surface area (Å²) in [6.07, 6.45) is -13.5. The zero-order valence-corrected chi connectivity index (χ0v) is 19.6. The van der Waals surface area contributed by atoms with Crippen LogP contribution in [-0.4, -0.2) is 86.1 Å². The van der Waals surface area contributed by atoms with E-state index in [0.717, 1.165) is 34.8 Å². The summed E-state index contributed by atoms with van der Waals surface area (Å²) in [5, 5.41) is 1.49. The third kappa shape index (κ3) is 9.07. The summed E-state index contributed by atoms with van der Waals surface area (Å²) in [6, 6.07) is -3.16. The second-order valence-corrected chi connectivity index (χ2v) is 7.10. The molecule has 13 nitrogen and oxygen atoms in total. The van der Waals surface area contributed by atoms with Crippen molar-refractivity contribution < 1.29 is 71.7 Å². The van der Waals surface area contributed by atoms with Gasteiger partial charge in [0.25, 0.3) is 0 Å². The molecule has 1 N–H and O–H groups in total. The second-order valence-electron chi connectivity index (χ2n) is 7.10. The fourth-order valence-electron chi connectivity index (χ4n) is 2.93. The van der Waals surface area contributed by atoms with Crippen LogP contribution in [0.3, 0.4) is 0 Å². The van der Waals surface area contributed by atoms with E-state index in [-0.39, 0.29) is 0 Å². The number of rotatable bonds is 9. The van der Waals surface area contributed by atoms with Crippen LogP contribution in [0, 0.1) is 0 Å². The maximum atomic E-state index is 13.1. The summed E-state index contributed by atoms with van der Waals surface area (Å²) in [7, 11) is 0.866. The molecule has 0 fully saturated rings. The highest BCUT2D eigenvalue weighted by Gasteiger charge is 2.51. The van der Waals surface area contributed by atoms with Gasteiger partial charge in [-0.3, -0.25) is 24.0 Å². The molecule has 1 rings (SSSR count). The van der Waals surface area contributed by atoms with Crippen molar-refractivity contribution in [2.75, 3.05) is 13.7 Å². The quantitative estimate of drug-likeness (QED) is 0.311. The van der Waals surface area contributed by atoms with E-state index in [0.29, 0.717) is 0 Å². The number of methoxy groups -OCH3 is 1. The van der Waals surface area contributed by atoms with E-state index in [1.807, 2.05) is 0 Å². The van der Waals surface area contributed by atoms with Gasteiger partial charge in [0.05, 0.1) is 8.48 Å². The summed E-state index contributed by atoms with van der Waals surface area (Å²) < 4.78 is 77.2. The van der Waals surface area contributed by atoms with Crippen molar-refractivity contribution in [1.29, 1.82) is 0 Å². The van der Waals surface area contributed by atoms with Crippen LogP contribution in [0.4, 0.5) is 13.2 Å². The lowest BCUT2D eigenvalue weighted by atomic mass is 9.93. The maximum absolute atomic E-state index is 13.1. The van der Waals surface area contributed by atoms with Crippen LogP contribution in [0.25, 0.3) is 0 Å². The number of nitrogens with one attached hydrogen (secondary N) is 1. The Morgan fingerprint density at radius 3 is 2.06 bits per heavy atom. The van der Waals surface area contributed by atoms with Gasteiger partial charge in [-0.2, -0.15) is 13.2 Å². The number of carbonyl (C=O) groups excluding carboxylic acids is 6. The van der Waals surface area contributed by atoms with E-state index < -0.39 is 90.8 Å². The minimum Gasteiger partial charge on any atom is -0.477 e. The van der Waals surface area contributed by atoms with E-state index >= 15 is 0 Å². The molecule has 0 unspecified atom stereocenters. The molecule has 0 radical (unpaired) electrons. The number of halogens is 3. The molecule has 36 heavy (non-hydrogen) atoms. The molecular weight excluding hydrogens is 503 g/mol. The Bertz CT molecular complexity index is 967. The lowest BCUT2D eigenvalue weighted by molar-refractivity contribution is -0.195. The number of amides is 1. The fourth-order valence-corrected chi connectivity index (χ4v) is 2.93. The van der Waals surface area contributed by atoms with Crippen molar-refractivity contribution >= 4 is 35.8 Å². The molecule has 1 amide bonds. The van der Waals surface area contributed by atoms with Crippen LogP contribution in [0.5, 0.6) is 0 Å². The van der Waals surface area contributed by atoms with Gasteiger partial charge in [0.1, 0.15) is 18.8 Å². The SMILES string of the molecule is [2H]C1=C(C(=O)OC)O[C@@H]([C@H](OC(C)=O)[C@@H](COC(C)=O)OC(C)=O)[C@H](NC(=O)C(F)(F)F)[C@H]1OC(C)=O. The largest absolute Gasteiger partial charge is 0.477 e. The average molecular weight is 528 g/mol. The Balaban J connectivity index is 3.82. The fraction of sp³-hybridized carbons (Fsp3) is 0.600. The van der Waals surface area contributed by atoms with E-state index in [4.69, 9.17) is 25.1 Å². The normalized spacial score (nSPS) is 21.6. The molecule has 0 bridgehead atoms. The van der Waals surface area contributed by atoms with Crippen LogP contribution in [0.1, 0.15) is 29.1 Å². The first kappa shape index (κ1) is 28.4. The van der Waals surface area contributed by atoms with Crippen LogP contribution in [0.15, 0.2) is 11.8 Å². The van der Waals surface area contributed by atoms with Crippen molar-refractivity contribution in [3.8, 4) is 0 Å². The van der Waals surface area contributed by atoms with Crippen molar-refractivity contribution in [3.05, 3.63) is 11.8 Å². The first-order valence-corrected chi connectivity index (χ1v) is 9.98. The van der Waals surface area contributed by atoms with Gasteiger partial charge in [-0.05, 0) is 0 Å². The first-order valence-electron chi connectivity index (χ1n) is 10.5. The lowest BCUT2D eigenvalue weighted by Crippen LogP contribution is -2.63. The Morgan fingerprint density at radius 2 is 1.61 bits per heavy atom. The topological polar surface area (TPSA) is 170 Å². The highest BCUT2D eigenvalue weighted by Crippen LogP contribution is 2.29. The summed E-state index contributed by atoms with van der Waals surface area (Å²) in [5.74, 6) is -9.09. The zero-order valence-electron chi connectivity index (χ0n) is 20.6. The number of alkyl halides is 3. The van der Waals surface area contributed by atoms with Crippen molar-refractivity contribution in [2.45, 2.75) is 64.3 Å². The van der Waals surface area contributed by atoms with Gasteiger partial charge in [0.15, 0.2) is 18.3 Å². The van der Waals surface area contributed by atoms with E-state index in [1.165, 1.54) is 5.32 Å². The van der Waals surface area contributed by atoms with Crippen LogP contribution < -0.4 is 5.32 Å². The molecule has 0 aromatic carbocycles. The molecule has 1 heterocycles. The first-order chi connectivity index (χ1) is 17.0. The highest BCUT2D eigenvalue weighted by molar-refractivity contribution is 5.87. The summed E-state index contributed by atoms with van der Waals surface area (Å²) >= 11 is 0. The van der Waals surface area contributed by atoms with Gasteiger partial charge in [-0.15, -0.1) is 0 Å². The van der Waals surface area contributed by atoms with E-state index in [9.17, 15) is 41.9 Å². The molecule has 0 aromatic heterocycles.